The SMILES string of the molecule is CC(C)c1cccc(-c2cccc(C(F)(F)F)c2)c1-c1scc2c1OCCO2. The van der Waals surface area contributed by atoms with Crippen LogP contribution < -0.4 is 9.47 Å². The van der Waals surface area contributed by atoms with Crippen LogP contribution in [0.15, 0.2) is 47.8 Å². The molecular formula is C22H19F3O2S. The van der Waals surface area contributed by atoms with Crippen molar-refractivity contribution in [3.63, 3.8) is 0 Å². The van der Waals surface area contributed by atoms with Crippen LogP contribution in [0.25, 0.3) is 21.6 Å². The highest BCUT2D eigenvalue weighted by molar-refractivity contribution is 7.14. The summed E-state index contributed by atoms with van der Waals surface area (Å²) in [6, 6.07) is 11.3. The molecule has 0 aliphatic carbocycles. The maximum atomic E-state index is 13.3. The molecule has 2 nitrogen and oxygen atoms in total. The van der Waals surface area contributed by atoms with Crippen molar-refractivity contribution < 1.29 is 22.6 Å². The molecule has 28 heavy (non-hydrogen) atoms. The van der Waals surface area contributed by atoms with E-state index in [-0.39, 0.29) is 5.92 Å². The van der Waals surface area contributed by atoms with Gasteiger partial charge in [-0.15, -0.1) is 11.3 Å². The third-order valence-electron chi connectivity index (χ3n) is 4.75. The zero-order chi connectivity index (χ0) is 19.9. The van der Waals surface area contributed by atoms with Crippen LogP contribution in [-0.2, 0) is 6.18 Å². The van der Waals surface area contributed by atoms with Gasteiger partial charge in [0.1, 0.15) is 13.2 Å². The van der Waals surface area contributed by atoms with Crippen LogP contribution in [0.1, 0.15) is 30.9 Å². The van der Waals surface area contributed by atoms with Gasteiger partial charge in [0.2, 0.25) is 0 Å². The first kappa shape index (κ1) is 18.9. The van der Waals surface area contributed by atoms with Gasteiger partial charge in [-0.05, 0) is 34.7 Å². The van der Waals surface area contributed by atoms with Gasteiger partial charge < -0.3 is 9.47 Å². The fraction of sp³-hybridized carbons (Fsp3) is 0.273. The van der Waals surface area contributed by atoms with Gasteiger partial charge in [-0.3, -0.25) is 0 Å². The minimum Gasteiger partial charge on any atom is -0.485 e. The molecule has 0 fully saturated rings. The highest BCUT2D eigenvalue weighted by Crippen LogP contribution is 2.50. The van der Waals surface area contributed by atoms with E-state index in [0.717, 1.165) is 27.6 Å². The quantitative estimate of drug-likeness (QED) is 0.468. The van der Waals surface area contributed by atoms with Gasteiger partial charge in [0, 0.05) is 10.9 Å². The number of halogens is 3. The number of alkyl halides is 3. The molecule has 0 bridgehead atoms. The first-order chi connectivity index (χ1) is 13.4. The highest BCUT2D eigenvalue weighted by Gasteiger charge is 2.31. The summed E-state index contributed by atoms with van der Waals surface area (Å²) in [6.07, 6.45) is -4.38. The Morgan fingerprint density at radius 2 is 1.75 bits per heavy atom. The lowest BCUT2D eigenvalue weighted by Crippen LogP contribution is -2.14. The van der Waals surface area contributed by atoms with E-state index >= 15 is 0 Å². The van der Waals surface area contributed by atoms with Crippen molar-refractivity contribution in [1.82, 2.24) is 0 Å². The maximum absolute atomic E-state index is 13.3. The fourth-order valence-electron chi connectivity index (χ4n) is 3.44. The average molecular weight is 404 g/mol. The van der Waals surface area contributed by atoms with E-state index in [1.165, 1.54) is 23.5 Å². The predicted octanol–water partition coefficient (Wildman–Crippen LogP) is 7.00. The molecule has 0 saturated carbocycles. The molecule has 2 aromatic carbocycles. The van der Waals surface area contributed by atoms with Crippen LogP contribution in [0.5, 0.6) is 11.5 Å². The summed E-state index contributed by atoms with van der Waals surface area (Å²) in [6.45, 7) is 5.10. The summed E-state index contributed by atoms with van der Waals surface area (Å²) in [5.41, 5.74) is 2.61. The molecule has 3 aromatic rings. The third kappa shape index (κ3) is 3.37. The lowest BCUT2D eigenvalue weighted by Gasteiger charge is -2.21. The van der Waals surface area contributed by atoms with Gasteiger partial charge in [0.25, 0.3) is 0 Å². The lowest BCUT2D eigenvalue weighted by molar-refractivity contribution is -0.137. The number of fused-ring (bicyclic) bond motifs is 1. The van der Waals surface area contributed by atoms with E-state index in [0.29, 0.717) is 30.3 Å². The number of hydrogen-bond donors (Lipinski definition) is 0. The van der Waals surface area contributed by atoms with E-state index in [2.05, 4.69) is 13.8 Å². The summed E-state index contributed by atoms with van der Waals surface area (Å²) in [7, 11) is 0. The van der Waals surface area contributed by atoms with E-state index < -0.39 is 11.7 Å². The Morgan fingerprint density at radius 1 is 1.00 bits per heavy atom. The zero-order valence-corrected chi connectivity index (χ0v) is 16.3. The summed E-state index contributed by atoms with van der Waals surface area (Å²) in [5.74, 6) is 1.57. The molecular weight excluding hydrogens is 385 g/mol. The van der Waals surface area contributed by atoms with Crippen molar-refractivity contribution in [3.05, 3.63) is 59.0 Å². The van der Waals surface area contributed by atoms with Crippen LogP contribution in [0.4, 0.5) is 13.2 Å². The van der Waals surface area contributed by atoms with Gasteiger partial charge in [-0.2, -0.15) is 13.2 Å². The van der Waals surface area contributed by atoms with Crippen molar-refractivity contribution in [2.75, 3.05) is 13.2 Å². The van der Waals surface area contributed by atoms with Crippen LogP contribution in [0.3, 0.4) is 0 Å². The number of thiophene rings is 1. The molecule has 0 saturated heterocycles. The largest absolute Gasteiger partial charge is 0.485 e. The number of benzene rings is 2. The molecule has 146 valence electrons. The molecule has 1 aromatic heterocycles. The molecule has 4 rings (SSSR count). The normalized spacial score (nSPS) is 13.8. The van der Waals surface area contributed by atoms with Gasteiger partial charge in [-0.25, -0.2) is 0 Å². The second-order valence-electron chi connectivity index (χ2n) is 6.96. The minimum atomic E-state index is -4.38. The number of ether oxygens (including phenoxy) is 2. The summed E-state index contributed by atoms with van der Waals surface area (Å²) in [5, 5.41) is 1.90. The third-order valence-corrected chi connectivity index (χ3v) is 5.70. The molecule has 0 unspecified atom stereocenters. The monoisotopic (exact) mass is 404 g/mol. The molecule has 0 radical (unpaired) electrons. The fourth-order valence-corrected chi connectivity index (χ4v) is 4.46. The van der Waals surface area contributed by atoms with Gasteiger partial charge in [0.05, 0.1) is 10.4 Å². The smallest absolute Gasteiger partial charge is 0.416 e. The van der Waals surface area contributed by atoms with E-state index in [9.17, 15) is 13.2 Å². The van der Waals surface area contributed by atoms with E-state index in [1.54, 1.807) is 6.07 Å². The van der Waals surface area contributed by atoms with E-state index in [4.69, 9.17) is 9.47 Å². The molecule has 0 N–H and O–H groups in total. The average Bonchev–Trinajstić information content (AvgIpc) is 3.10. The minimum absolute atomic E-state index is 0.197. The van der Waals surface area contributed by atoms with Crippen molar-refractivity contribution in [2.24, 2.45) is 0 Å². The Hall–Kier alpha value is -2.47. The molecule has 1 aliphatic heterocycles. The van der Waals surface area contributed by atoms with Crippen LogP contribution in [-0.4, -0.2) is 13.2 Å². The van der Waals surface area contributed by atoms with Gasteiger partial charge in [0.15, 0.2) is 11.5 Å². The highest BCUT2D eigenvalue weighted by atomic mass is 32.1. The molecule has 0 spiro atoms. The Balaban J connectivity index is 1.95. The second-order valence-corrected chi connectivity index (χ2v) is 7.84. The standard InChI is InChI=1S/C22H19F3O2S/c1-13(2)16-7-4-8-17(14-5-3-6-15(11-14)22(23,24)25)19(16)21-20-18(12-28-21)26-9-10-27-20/h3-8,11-13H,9-10H2,1-2H3. The first-order valence-electron chi connectivity index (χ1n) is 9.04. The number of rotatable bonds is 3. The summed E-state index contributed by atoms with van der Waals surface area (Å²) < 4.78 is 51.3. The van der Waals surface area contributed by atoms with Crippen molar-refractivity contribution in [3.8, 4) is 33.1 Å². The van der Waals surface area contributed by atoms with E-state index in [1.807, 2.05) is 23.6 Å². The molecule has 6 heteroatoms. The van der Waals surface area contributed by atoms with Crippen LogP contribution >= 0.6 is 11.3 Å². The molecule has 0 amide bonds. The van der Waals surface area contributed by atoms with Gasteiger partial charge >= 0.3 is 6.18 Å². The Kier molecular flexibility index (Phi) is 4.83. The van der Waals surface area contributed by atoms with Crippen molar-refractivity contribution in [2.45, 2.75) is 25.9 Å². The molecule has 2 heterocycles. The topological polar surface area (TPSA) is 18.5 Å². The van der Waals surface area contributed by atoms with Crippen molar-refractivity contribution in [1.29, 1.82) is 0 Å². The van der Waals surface area contributed by atoms with Crippen LogP contribution in [0.2, 0.25) is 0 Å². The predicted molar refractivity (Wildman–Crippen MR) is 105 cm³/mol. The zero-order valence-electron chi connectivity index (χ0n) is 15.5. The Bertz CT molecular complexity index is 1010. The number of hydrogen-bond acceptors (Lipinski definition) is 3. The lowest BCUT2D eigenvalue weighted by atomic mass is 9.88. The first-order valence-corrected chi connectivity index (χ1v) is 9.92. The summed E-state index contributed by atoms with van der Waals surface area (Å²) in [4.78, 5) is 0.895. The summed E-state index contributed by atoms with van der Waals surface area (Å²) >= 11 is 1.50. The Labute approximate surface area is 165 Å². The maximum Gasteiger partial charge on any atom is 0.416 e. The van der Waals surface area contributed by atoms with Crippen LogP contribution in [0, 0.1) is 0 Å². The van der Waals surface area contributed by atoms with Crippen molar-refractivity contribution >= 4 is 11.3 Å². The Morgan fingerprint density at radius 3 is 2.50 bits per heavy atom. The second kappa shape index (κ2) is 7.17. The van der Waals surface area contributed by atoms with Gasteiger partial charge in [-0.1, -0.05) is 44.2 Å². The molecule has 0 atom stereocenters. The molecule has 1 aliphatic rings.